The van der Waals surface area contributed by atoms with E-state index in [1.807, 2.05) is 17.3 Å². The maximum atomic E-state index is 13.4. The van der Waals surface area contributed by atoms with Gasteiger partial charge in [-0.3, -0.25) is 4.79 Å². The molecule has 41 heavy (non-hydrogen) atoms. The number of nitrogens with zero attached hydrogens (tertiary/aromatic N) is 5. The summed E-state index contributed by atoms with van der Waals surface area (Å²) in [6.07, 6.45) is 15.4. The summed E-state index contributed by atoms with van der Waals surface area (Å²) in [6, 6.07) is 8.50. The number of likely N-dealkylation sites (tertiary alicyclic amines) is 1. The van der Waals surface area contributed by atoms with Gasteiger partial charge in [-0.1, -0.05) is 36.7 Å². The molecule has 2 aliphatic carbocycles. The van der Waals surface area contributed by atoms with E-state index in [9.17, 15) is 4.79 Å². The first-order valence-electron chi connectivity index (χ1n) is 15.4. The monoisotopic (exact) mass is 557 g/mol. The summed E-state index contributed by atoms with van der Waals surface area (Å²) < 4.78 is 6.18. The molecule has 1 aromatic heterocycles. The Kier molecular flexibility index (Phi) is 8.26. The molecule has 8 nitrogen and oxygen atoms in total. The second-order valence-electron chi connectivity index (χ2n) is 12.3. The number of anilines is 1. The van der Waals surface area contributed by atoms with Crippen molar-refractivity contribution in [3.8, 4) is 5.75 Å². The van der Waals surface area contributed by atoms with Crippen molar-refractivity contribution in [3.63, 3.8) is 0 Å². The number of ether oxygens (including phenoxy) is 1. The third kappa shape index (κ3) is 5.97. The predicted molar refractivity (Wildman–Crippen MR) is 161 cm³/mol. The van der Waals surface area contributed by atoms with Gasteiger partial charge in [0.2, 0.25) is 11.9 Å². The highest BCUT2D eigenvalue weighted by Crippen LogP contribution is 2.47. The van der Waals surface area contributed by atoms with E-state index in [0.717, 1.165) is 95.0 Å². The molecule has 3 heterocycles. The Hall–Kier alpha value is -3.42. The number of aryl methyl sites for hydroxylation is 1. The van der Waals surface area contributed by atoms with Crippen LogP contribution in [0.5, 0.6) is 5.75 Å². The highest BCUT2D eigenvalue weighted by molar-refractivity contribution is 5.98. The topological polar surface area (TPSA) is 80.2 Å². The molecule has 1 amide bonds. The Morgan fingerprint density at radius 2 is 1.85 bits per heavy atom. The summed E-state index contributed by atoms with van der Waals surface area (Å²) in [5.41, 5.74) is 4.88. The second kappa shape index (κ2) is 12.2. The summed E-state index contributed by atoms with van der Waals surface area (Å²) in [6.45, 7) is 6.24. The van der Waals surface area contributed by atoms with Gasteiger partial charge in [0.05, 0.1) is 18.9 Å². The molecular weight excluding hydrogens is 514 g/mol. The standard InChI is InChI=1S/C33H43N5O3/c1-3-24-19-34-32(35-20-24)37-17-13-25(14-18-37)22-41-29-11-9-27(10-12-29)26-5-7-28(8-6-26)31(39)38-21-30(36-40-2)33(23-38)15-4-16-33/h5,9-12,19-20,25,28H,3-4,6-8,13-18,21-23H2,1-2H3/b36-30+. The van der Waals surface area contributed by atoms with E-state index in [-0.39, 0.29) is 17.2 Å². The smallest absolute Gasteiger partial charge is 0.226 e. The van der Waals surface area contributed by atoms with Gasteiger partial charge in [-0.15, -0.1) is 0 Å². The first-order chi connectivity index (χ1) is 20.1. The van der Waals surface area contributed by atoms with Crippen LogP contribution in [0.25, 0.3) is 5.57 Å². The summed E-state index contributed by atoms with van der Waals surface area (Å²) in [7, 11) is 1.60. The first-order valence-corrected chi connectivity index (χ1v) is 15.4. The average Bonchev–Trinajstić information content (AvgIpc) is 3.41. The molecule has 6 rings (SSSR count). The molecule has 2 aliphatic heterocycles. The van der Waals surface area contributed by atoms with Crippen molar-refractivity contribution in [3.05, 3.63) is 53.9 Å². The average molecular weight is 558 g/mol. The lowest BCUT2D eigenvalue weighted by Gasteiger charge is -2.38. The zero-order chi connectivity index (χ0) is 28.2. The number of aromatic nitrogens is 2. The molecule has 1 spiro atoms. The van der Waals surface area contributed by atoms with Gasteiger partial charge in [0.15, 0.2) is 0 Å². The molecule has 0 N–H and O–H groups in total. The second-order valence-corrected chi connectivity index (χ2v) is 12.3. The van der Waals surface area contributed by atoms with Crippen molar-refractivity contribution >= 4 is 23.1 Å². The molecule has 0 radical (unpaired) electrons. The number of oxime groups is 1. The third-order valence-corrected chi connectivity index (χ3v) is 9.74. The number of allylic oxidation sites excluding steroid dienone is 2. The van der Waals surface area contributed by atoms with Crippen LogP contribution in [-0.4, -0.2) is 66.4 Å². The van der Waals surface area contributed by atoms with E-state index in [1.165, 1.54) is 23.1 Å². The Balaban J connectivity index is 0.960. The summed E-state index contributed by atoms with van der Waals surface area (Å²) in [5.74, 6) is 2.65. The molecule has 218 valence electrons. The minimum atomic E-state index is 0.0639. The molecule has 1 saturated carbocycles. The van der Waals surface area contributed by atoms with Gasteiger partial charge in [-0.2, -0.15) is 0 Å². The van der Waals surface area contributed by atoms with Crippen LogP contribution in [0.15, 0.2) is 47.9 Å². The molecule has 1 unspecified atom stereocenters. The van der Waals surface area contributed by atoms with Crippen molar-refractivity contribution in [2.45, 2.75) is 64.7 Å². The predicted octanol–water partition coefficient (Wildman–Crippen LogP) is 5.53. The third-order valence-electron chi connectivity index (χ3n) is 9.74. The van der Waals surface area contributed by atoms with E-state index < -0.39 is 0 Å². The van der Waals surface area contributed by atoms with Gasteiger partial charge in [0.1, 0.15) is 12.9 Å². The van der Waals surface area contributed by atoms with E-state index in [1.54, 1.807) is 7.11 Å². The van der Waals surface area contributed by atoms with Crippen LogP contribution in [0.1, 0.15) is 69.4 Å². The lowest BCUT2D eigenvalue weighted by atomic mass is 9.67. The molecular formula is C33H43N5O3. The van der Waals surface area contributed by atoms with Gasteiger partial charge in [0, 0.05) is 43.4 Å². The van der Waals surface area contributed by atoms with Gasteiger partial charge >= 0.3 is 0 Å². The minimum absolute atomic E-state index is 0.0639. The van der Waals surface area contributed by atoms with Gasteiger partial charge in [-0.05, 0) is 86.1 Å². The molecule has 3 fully saturated rings. The largest absolute Gasteiger partial charge is 0.493 e. The van der Waals surface area contributed by atoms with Crippen molar-refractivity contribution < 1.29 is 14.4 Å². The number of hydrogen-bond acceptors (Lipinski definition) is 7. The first kappa shape index (κ1) is 27.7. The van der Waals surface area contributed by atoms with E-state index in [0.29, 0.717) is 12.5 Å². The number of hydrogen-bond donors (Lipinski definition) is 0. The molecule has 4 aliphatic rings. The van der Waals surface area contributed by atoms with Crippen LogP contribution in [0, 0.1) is 17.3 Å². The number of piperidine rings is 1. The highest BCUT2D eigenvalue weighted by Gasteiger charge is 2.50. The van der Waals surface area contributed by atoms with Crippen molar-refractivity contribution in [1.29, 1.82) is 0 Å². The van der Waals surface area contributed by atoms with Crippen LogP contribution < -0.4 is 9.64 Å². The Labute approximate surface area is 243 Å². The SMILES string of the molecule is CCc1cnc(N2CCC(COc3ccc(C4=CCC(C(=O)N5C/C(=N\OC)C6(CCC6)C5)CC4)cc3)CC2)nc1. The Morgan fingerprint density at radius 1 is 1.10 bits per heavy atom. The van der Waals surface area contributed by atoms with E-state index in [2.05, 4.69) is 57.3 Å². The summed E-state index contributed by atoms with van der Waals surface area (Å²) in [4.78, 5) is 31.9. The van der Waals surface area contributed by atoms with E-state index >= 15 is 0 Å². The Morgan fingerprint density at radius 3 is 2.46 bits per heavy atom. The zero-order valence-electron chi connectivity index (χ0n) is 24.6. The van der Waals surface area contributed by atoms with Crippen LogP contribution in [-0.2, 0) is 16.1 Å². The van der Waals surface area contributed by atoms with Crippen molar-refractivity contribution in [2.24, 2.45) is 22.4 Å². The molecule has 1 atom stereocenters. The van der Waals surface area contributed by atoms with Crippen LogP contribution in [0.3, 0.4) is 0 Å². The number of rotatable bonds is 8. The van der Waals surface area contributed by atoms with Crippen LogP contribution >= 0.6 is 0 Å². The van der Waals surface area contributed by atoms with Crippen LogP contribution in [0.2, 0.25) is 0 Å². The van der Waals surface area contributed by atoms with E-state index in [4.69, 9.17) is 9.57 Å². The molecule has 8 heteroatoms. The fourth-order valence-electron chi connectivity index (χ4n) is 6.85. The molecule has 2 aromatic rings. The fourth-order valence-corrected chi connectivity index (χ4v) is 6.85. The van der Waals surface area contributed by atoms with Crippen molar-refractivity contribution in [2.75, 3.05) is 44.8 Å². The number of amides is 1. The molecule has 0 bridgehead atoms. The van der Waals surface area contributed by atoms with Crippen LogP contribution in [0.4, 0.5) is 5.95 Å². The van der Waals surface area contributed by atoms with Gasteiger partial charge in [-0.25, -0.2) is 9.97 Å². The lowest BCUT2D eigenvalue weighted by Crippen LogP contribution is -2.40. The minimum Gasteiger partial charge on any atom is -0.493 e. The number of carbonyl (C=O) groups is 1. The zero-order valence-corrected chi connectivity index (χ0v) is 24.6. The Bertz CT molecular complexity index is 1260. The van der Waals surface area contributed by atoms with Gasteiger partial charge in [0.25, 0.3) is 0 Å². The fraction of sp³-hybridized carbons (Fsp3) is 0.576. The molecule has 1 aromatic carbocycles. The summed E-state index contributed by atoms with van der Waals surface area (Å²) in [5, 5.41) is 4.29. The normalized spacial score (nSPS) is 23.4. The highest BCUT2D eigenvalue weighted by atomic mass is 16.6. The quantitative estimate of drug-likeness (QED) is 0.397. The summed E-state index contributed by atoms with van der Waals surface area (Å²) >= 11 is 0. The lowest BCUT2D eigenvalue weighted by molar-refractivity contribution is -0.135. The maximum Gasteiger partial charge on any atom is 0.226 e. The van der Waals surface area contributed by atoms with Crippen molar-refractivity contribution in [1.82, 2.24) is 14.9 Å². The molecule has 2 saturated heterocycles. The number of carbonyl (C=O) groups excluding carboxylic acids is 1. The maximum absolute atomic E-state index is 13.4. The van der Waals surface area contributed by atoms with Gasteiger partial charge < -0.3 is 19.4 Å². The number of benzene rings is 1.